The van der Waals surface area contributed by atoms with Crippen LogP contribution in [0.4, 0.5) is 0 Å². The molecule has 1 aliphatic heterocycles. The topological polar surface area (TPSA) is 75.3 Å². The first-order chi connectivity index (χ1) is 10.1. The van der Waals surface area contributed by atoms with Crippen LogP contribution in [0.2, 0.25) is 0 Å². The van der Waals surface area contributed by atoms with E-state index in [1.807, 2.05) is 18.2 Å². The van der Waals surface area contributed by atoms with Gasteiger partial charge in [-0.25, -0.2) is 8.42 Å². The van der Waals surface area contributed by atoms with E-state index in [0.29, 0.717) is 13.1 Å². The Balaban J connectivity index is 1.64. The van der Waals surface area contributed by atoms with Crippen molar-refractivity contribution in [3.63, 3.8) is 0 Å². The fourth-order valence-corrected chi connectivity index (χ4v) is 3.90. The van der Waals surface area contributed by atoms with Crippen molar-refractivity contribution in [3.8, 4) is 0 Å². The number of nitrogens with one attached hydrogen (secondary N) is 2. The van der Waals surface area contributed by atoms with Gasteiger partial charge in [0, 0.05) is 25.6 Å². The third-order valence-corrected chi connectivity index (χ3v) is 5.28. The Labute approximate surface area is 126 Å². The third-order valence-electron chi connectivity index (χ3n) is 3.54. The van der Waals surface area contributed by atoms with Crippen LogP contribution >= 0.6 is 0 Å². The first kappa shape index (κ1) is 16.0. The van der Waals surface area contributed by atoms with Crippen molar-refractivity contribution in [1.29, 1.82) is 0 Å². The summed E-state index contributed by atoms with van der Waals surface area (Å²) in [5, 5.41) is 5.94. The second-order valence-corrected chi connectivity index (χ2v) is 7.64. The van der Waals surface area contributed by atoms with Crippen molar-refractivity contribution in [2.24, 2.45) is 0 Å². The molecule has 1 amide bonds. The van der Waals surface area contributed by atoms with Crippen LogP contribution in [0.3, 0.4) is 0 Å². The van der Waals surface area contributed by atoms with Gasteiger partial charge in [-0.2, -0.15) is 0 Å². The number of carbonyl (C=O) groups is 1. The average Bonchev–Trinajstić information content (AvgIpc) is 2.44. The number of benzene rings is 1. The molecule has 1 heterocycles. The summed E-state index contributed by atoms with van der Waals surface area (Å²) in [6.45, 7) is 1.06. The third kappa shape index (κ3) is 5.85. The molecule has 1 aliphatic rings. The lowest BCUT2D eigenvalue weighted by atomic mass is 10.1. The van der Waals surface area contributed by atoms with Gasteiger partial charge in [0.2, 0.25) is 5.91 Å². The lowest BCUT2D eigenvalue weighted by Gasteiger charge is -2.23. The molecule has 2 rings (SSSR count). The molecular weight excluding hydrogens is 288 g/mol. The highest BCUT2D eigenvalue weighted by molar-refractivity contribution is 7.91. The van der Waals surface area contributed by atoms with Crippen LogP contribution in [-0.4, -0.2) is 45.0 Å². The molecule has 1 saturated heterocycles. The predicted molar refractivity (Wildman–Crippen MR) is 82.8 cm³/mol. The first-order valence-electron chi connectivity index (χ1n) is 7.29. The van der Waals surface area contributed by atoms with Gasteiger partial charge in [-0.1, -0.05) is 30.3 Å². The van der Waals surface area contributed by atoms with E-state index in [9.17, 15) is 13.2 Å². The second kappa shape index (κ2) is 7.56. The van der Waals surface area contributed by atoms with Crippen molar-refractivity contribution in [1.82, 2.24) is 10.6 Å². The highest BCUT2D eigenvalue weighted by atomic mass is 32.2. The van der Waals surface area contributed by atoms with E-state index in [1.54, 1.807) is 0 Å². The summed E-state index contributed by atoms with van der Waals surface area (Å²) >= 11 is 0. The lowest BCUT2D eigenvalue weighted by molar-refractivity contribution is -0.121. The molecule has 0 bridgehead atoms. The molecule has 0 radical (unpaired) electrons. The number of aryl methyl sites for hydroxylation is 1. The summed E-state index contributed by atoms with van der Waals surface area (Å²) in [5.74, 6) is 0.143. The van der Waals surface area contributed by atoms with Crippen LogP contribution < -0.4 is 10.6 Å². The van der Waals surface area contributed by atoms with Gasteiger partial charge in [-0.3, -0.25) is 4.79 Å². The Kier molecular flexibility index (Phi) is 5.76. The maximum absolute atomic E-state index is 11.8. The summed E-state index contributed by atoms with van der Waals surface area (Å²) in [6, 6.07) is 9.87. The van der Waals surface area contributed by atoms with Crippen LogP contribution in [0.5, 0.6) is 0 Å². The summed E-state index contributed by atoms with van der Waals surface area (Å²) in [5.41, 5.74) is 1.26. The summed E-state index contributed by atoms with van der Waals surface area (Å²) in [6.07, 6.45) is 2.04. The Morgan fingerprint density at radius 3 is 2.76 bits per heavy atom. The number of rotatable bonds is 6. The van der Waals surface area contributed by atoms with Crippen LogP contribution in [0.25, 0.3) is 0 Å². The molecule has 0 saturated carbocycles. The van der Waals surface area contributed by atoms with Crippen LogP contribution in [0, 0.1) is 0 Å². The molecule has 0 spiro atoms. The van der Waals surface area contributed by atoms with E-state index in [-0.39, 0.29) is 29.9 Å². The van der Waals surface area contributed by atoms with Crippen molar-refractivity contribution in [3.05, 3.63) is 35.9 Å². The van der Waals surface area contributed by atoms with Gasteiger partial charge in [0.15, 0.2) is 9.84 Å². The van der Waals surface area contributed by atoms with Gasteiger partial charge < -0.3 is 10.6 Å². The molecule has 0 aliphatic carbocycles. The van der Waals surface area contributed by atoms with Crippen molar-refractivity contribution in [2.75, 3.05) is 24.6 Å². The minimum atomic E-state index is -2.98. The molecule has 21 heavy (non-hydrogen) atoms. The predicted octanol–water partition coefficient (Wildman–Crippen LogP) is 0.512. The zero-order valence-electron chi connectivity index (χ0n) is 12.0. The van der Waals surface area contributed by atoms with Gasteiger partial charge in [-0.05, 0) is 18.4 Å². The minimum absolute atomic E-state index is 0.0600. The normalized spacial score (nSPS) is 20.9. The van der Waals surface area contributed by atoms with Crippen LogP contribution in [0.15, 0.2) is 30.3 Å². The quantitative estimate of drug-likeness (QED) is 0.751. The smallest absolute Gasteiger partial charge is 0.221 e. The fourth-order valence-electron chi connectivity index (χ4n) is 2.46. The average molecular weight is 310 g/mol. The highest BCUT2D eigenvalue weighted by Gasteiger charge is 2.25. The molecule has 1 aromatic rings. The molecule has 1 unspecified atom stereocenters. The van der Waals surface area contributed by atoms with Gasteiger partial charge in [0.1, 0.15) is 0 Å². The number of hydrogen-bond donors (Lipinski definition) is 2. The number of hydrogen-bond acceptors (Lipinski definition) is 4. The molecule has 1 atom stereocenters. The molecule has 2 N–H and O–H groups in total. The Hall–Kier alpha value is -1.40. The molecule has 116 valence electrons. The van der Waals surface area contributed by atoms with E-state index < -0.39 is 9.84 Å². The molecule has 1 aromatic carbocycles. The van der Waals surface area contributed by atoms with E-state index in [1.165, 1.54) is 5.56 Å². The number of sulfone groups is 1. The van der Waals surface area contributed by atoms with E-state index in [2.05, 4.69) is 22.8 Å². The zero-order chi connectivity index (χ0) is 15.1. The van der Waals surface area contributed by atoms with Gasteiger partial charge in [0.25, 0.3) is 0 Å². The Morgan fingerprint density at radius 1 is 1.29 bits per heavy atom. The van der Waals surface area contributed by atoms with Gasteiger partial charge in [0.05, 0.1) is 11.5 Å². The largest absolute Gasteiger partial charge is 0.356 e. The van der Waals surface area contributed by atoms with E-state index in [0.717, 1.165) is 12.8 Å². The van der Waals surface area contributed by atoms with Crippen LogP contribution in [0.1, 0.15) is 18.4 Å². The van der Waals surface area contributed by atoms with E-state index in [4.69, 9.17) is 0 Å². The standard InChI is InChI=1S/C15H22N2O3S/c18-15(11-14-12-21(19,20)10-9-16-14)17-8-4-7-13-5-2-1-3-6-13/h1-3,5-6,14,16H,4,7-12H2,(H,17,18). The van der Waals surface area contributed by atoms with Crippen LogP contribution in [-0.2, 0) is 21.1 Å². The van der Waals surface area contributed by atoms with Crippen molar-refractivity contribution in [2.45, 2.75) is 25.3 Å². The minimum Gasteiger partial charge on any atom is -0.356 e. The molecule has 0 aromatic heterocycles. The SMILES string of the molecule is O=C(CC1CS(=O)(=O)CCN1)NCCCc1ccccc1. The van der Waals surface area contributed by atoms with Gasteiger partial charge >= 0.3 is 0 Å². The summed E-state index contributed by atoms with van der Waals surface area (Å²) in [7, 11) is -2.98. The highest BCUT2D eigenvalue weighted by Crippen LogP contribution is 2.05. The Morgan fingerprint density at radius 2 is 2.05 bits per heavy atom. The molecule has 1 fully saturated rings. The maximum atomic E-state index is 11.8. The monoisotopic (exact) mass is 310 g/mol. The number of amides is 1. The molecule has 5 nitrogen and oxygen atoms in total. The van der Waals surface area contributed by atoms with Crippen molar-refractivity contribution >= 4 is 15.7 Å². The van der Waals surface area contributed by atoms with Crippen molar-refractivity contribution < 1.29 is 13.2 Å². The van der Waals surface area contributed by atoms with E-state index >= 15 is 0 Å². The molecular formula is C15H22N2O3S. The molecule has 6 heteroatoms. The zero-order valence-corrected chi connectivity index (χ0v) is 12.9. The Bertz CT molecular complexity index is 558. The fraction of sp³-hybridized carbons (Fsp3) is 0.533. The van der Waals surface area contributed by atoms with Gasteiger partial charge in [-0.15, -0.1) is 0 Å². The maximum Gasteiger partial charge on any atom is 0.221 e. The lowest BCUT2D eigenvalue weighted by Crippen LogP contribution is -2.47. The number of carbonyl (C=O) groups excluding carboxylic acids is 1. The second-order valence-electron chi connectivity index (χ2n) is 5.41. The summed E-state index contributed by atoms with van der Waals surface area (Å²) < 4.78 is 23.0. The summed E-state index contributed by atoms with van der Waals surface area (Å²) in [4.78, 5) is 11.8. The first-order valence-corrected chi connectivity index (χ1v) is 9.12.